The second-order valence-corrected chi connectivity index (χ2v) is 4.78. The van der Waals surface area contributed by atoms with Gasteiger partial charge in [0, 0.05) is 0 Å². The van der Waals surface area contributed by atoms with Gasteiger partial charge in [-0.25, -0.2) is 0 Å². The molecule has 0 saturated carbocycles. The average molecular weight is 312 g/mol. The first-order chi connectivity index (χ1) is 10.0. The molecule has 21 heavy (non-hydrogen) atoms. The van der Waals surface area contributed by atoms with E-state index in [0.717, 1.165) is 16.6 Å². The molecule has 0 N–H and O–H groups in total. The number of nitrogens with zero attached hydrogens (tertiary/aromatic N) is 2. The maximum atomic E-state index is 11.7. The summed E-state index contributed by atoms with van der Waals surface area (Å²) in [6, 6.07) is 7.84. The number of allylic oxidation sites excluding steroid dienone is 2. The van der Waals surface area contributed by atoms with Crippen molar-refractivity contribution in [3.8, 4) is 0 Å². The van der Waals surface area contributed by atoms with Crippen LogP contribution in [0.2, 0.25) is 0 Å². The molecule has 0 radical (unpaired) electrons. The molecule has 5 heteroatoms. The molecule has 0 bridgehead atoms. The highest BCUT2D eigenvalue weighted by molar-refractivity contribution is 7.00. The summed E-state index contributed by atoms with van der Waals surface area (Å²) >= 11 is 1.25. The van der Waals surface area contributed by atoms with E-state index in [2.05, 4.69) is 15.3 Å². The Balaban J connectivity index is 0.000000341. The molecule has 0 fully saturated rings. The van der Waals surface area contributed by atoms with Crippen molar-refractivity contribution >= 4 is 22.8 Å². The van der Waals surface area contributed by atoms with Crippen LogP contribution in [-0.2, 0) is 0 Å². The van der Waals surface area contributed by atoms with Gasteiger partial charge < -0.3 is 0 Å². The molecular weight excluding hydrogens is 290 g/mol. The number of halogens is 2. The Hall–Kier alpha value is -1.62. The number of rotatable bonds is 3. The fourth-order valence-corrected chi connectivity index (χ4v) is 1.75. The summed E-state index contributed by atoms with van der Waals surface area (Å²) in [4.78, 5) is 0. The summed E-state index contributed by atoms with van der Waals surface area (Å²) in [6.07, 6.45) is -0.470. The highest BCUT2D eigenvalue weighted by Crippen LogP contribution is 2.14. The SMILES string of the molecule is C=C(C)CCC(C)=C(F)F.CC.c1ccc2nsnc2c1. The minimum absolute atomic E-state index is 0.169. The van der Waals surface area contributed by atoms with Gasteiger partial charge in [-0.1, -0.05) is 31.6 Å². The second kappa shape index (κ2) is 11.1. The molecule has 1 heterocycles. The van der Waals surface area contributed by atoms with Crippen LogP contribution in [0.5, 0.6) is 0 Å². The predicted molar refractivity (Wildman–Crippen MR) is 87.7 cm³/mol. The Labute approximate surface area is 129 Å². The quantitative estimate of drug-likeness (QED) is 0.628. The van der Waals surface area contributed by atoms with E-state index in [1.165, 1.54) is 18.7 Å². The van der Waals surface area contributed by atoms with E-state index in [9.17, 15) is 8.78 Å². The minimum atomic E-state index is -1.55. The molecule has 2 nitrogen and oxygen atoms in total. The van der Waals surface area contributed by atoms with Crippen LogP contribution in [-0.4, -0.2) is 8.75 Å². The minimum Gasteiger partial charge on any atom is -0.173 e. The van der Waals surface area contributed by atoms with Crippen LogP contribution in [0.15, 0.2) is 48.1 Å². The van der Waals surface area contributed by atoms with Crippen molar-refractivity contribution in [1.29, 1.82) is 0 Å². The van der Waals surface area contributed by atoms with E-state index in [1.54, 1.807) is 0 Å². The first-order valence-corrected chi connectivity index (χ1v) is 7.56. The fourth-order valence-electron chi connectivity index (χ4n) is 1.22. The molecular formula is C16H22F2N2S. The van der Waals surface area contributed by atoms with Gasteiger partial charge in [0.25, 0.3) is 6.08 Å². The van der Waals surface area contributed by atoms with Gasteiger partial charge in [-0.05, 0) is 44.4 Å². The zero-order valence-corrected chi connectivity index (χ0v) is 13.8. The lowest BCUT2D eigenvalue weighted by molar-refractivity contribution is 0.408. The number of fused-ring (bicyclic) bond motifs is 1. The Bertz CT molecular complexity index is 542. The molecule has 0 aliphatic carbocycles. The Morgan fingerprint density at radius 3 is 1.90 bits per heavy atom. The van der Waals surface area contributed by atoms with Crippen molar-refractivity contribution in [2.75, 3.05) is 0 Å². The van der Waals surface area contributed by atoms with Crippen LogP contribution in [0, 0.1) is 0 Å². The van der Waals surface area contributed by atoms with Crippen LogP contribution in [0.4, 0.5) is 8.78 Å². The fraction of sp³-hybridized carbons (Fsp3) is 0.375. The van der Waals surface area contributed by atoms with Gasteiger partial charge in [0.05, 0.1) is 11.7 Å². The molecule has 1 aromatic carbocycles. The maximum Gasteiger partial charge on any atom is 0.269 e. The van der Waals surface area contributed by atoms with Crippen molar-refractivity contribution in [2.24, 2.45) is 0 Å². The molecule has 116 valence electrons. The van der Waals surface area contributed by atoms with Gasteiger partial charge in [-0.15, -0.1) is 6.58 Å². The monoisotopic (exact) mass is 312 g/mol. The molecule has 1 aromatic heterocycles. The van der Waals surface area contributed by atoms with Gasteiger partial charge in [0.1, 0.15) is 11.0 Å². The zero-order valence-electron chi connectivity index (χ0n) is 13.0. The third-order valence-electron chi connectivity index (χ3n) is 2.41. The number of hydrogen-bond donors (Lipinski definition) is 0. The molecule has 0 amide bonds. The highest BCUT2D eigenvalue weighted by atomic mass is 32.1. The van der Waals surface area contributed by atoms with E-state index in [-0.39, 0.29) is 5.57 Å². The van der Waals surface area contributed by atoms with Crippen molar-refractivity contribution in [3.05, 3.63) is 48.1 Å². The summed E-state index contributed by atoms with van der Waals surface area (Å²) in [5.74, 6) is 0. The van der Waals surface area contributed by atoms with Gasteiger partial charge in [-0.2, -0.15) is 17.5 Å². The first kappa shape index (κ1) is 19.4. The first-order valence-electron chi connectivity index (χ1n) is 6.83. The molecule has 0 aliphatic heterocycles. The molecule has 2 rings (SSSR count). The summed E-state index contributed by atoms with van der Waals surface area (Å²) in [5, 5.41) is 0. The van der Waals surface area contributed by atoms with Crippen LogP contribution in [0.3, 0.4) is 0 Å². The number of hydrogen-bond acceptors (Lipinski definition) is 3. The smallest absolute Gasteiger partial charge is 0.173 e. The van der Waals surface area contributed by atoms with Gasteiger partial charge >= 0.3 is 0 Å². The second-order valence-electron chi connectivity index (χ2n) is 4.25. The predicted octanol–water partition coefficient (Wildman–Crippen LogP) is 6.23. The molecule has 0 unspecified atom stereocenters. The summed E-state index contributed by atoms with van der Waals surface area (Å²) in [7, 11) is 0. The van der Waals surface area contributed by atoms with E-state index >= 15 is 0 Å². The summed E-state index contributed by atoms with van der Waals surface area (Å²) in [6.45, 7) is 10.9. The zero-order chi connectivity index (χ0) is 16.3. The van der Waals surface area contributed by atoms with Gasteiger partial charge in [0.2, 0.25) is 0 Å². The van der Waals surface area contributed by atoms with Crippen molar-refractivity contribution < 1.29 is 8.78 Å². The van der Waals surface area contributed by atoms with Crippen LogP contribution in [0.1, 0.15) is 40.5 Å². The van der Waals surface area contributed by atoms with Gasteiger partial charge in [0.15, 0.2) is 0 Å². The van der Waals surface area contributed by atoms with E-state index in [1.807, 2.05) is 45.0 Å². The Morgan fingerprint density at radius 1 is 1.05 bits per heavy atom. The Morgan fingerprint density at radius 2 is 1.52 bits per heavy atom. The van der Waals surface area contributed by atoms with Crippen molar-refractivity contribution in [2.45, 2.75) is 40.5 Å². The molecule has 0 aliphatic rings. The Kier molecular flexibility index (Phi) is 10.2. The molecule has 0 spiro atoms. The number of benzene rings is 1. The topological polar surface area (TPSA) is 25.8 Å². The normalized spacial score (nSPS) is 9.05. The van der Waals surface area contributed by atoms with Crippen LogP contribution < -0.4 is 0 Å². The van der Waals surface area contributed by atoms with Crippen molar-refractivity contribution in [1.82, 2.24) is 8.75 Å². The lowest BCUT2D eigenvalue weighted by Gasteiger charge is -1.97. The molecule has 2 aromatic rings. The average Bonchev–Trinajstić information content (AvgIpc) is 2.95. The lowest BCUT2D eigenvalue weighted by Crippen LogP contribution is -1.80. The van der Waals surface area contributed by atoms with Crippen molar-refractivity contribution in [3.63, 3.8) is 0 Å². The molecule has 0 saturated heterocycles. The third kappa shape index (κ3) is 8.30. The third-order valence-corrected chi connectivity index (χ3v) is 2.97. The molecule has 0 atom stereocenters. The summed E-state index contributed by atoms with van der Waals surface area (Å²) in [5.41, 5.74) is 3.09. The van der Waals surface area contributed by atoms with Gasteiger partial charge in [-0.3, -0.25) is 0 Å². The highest BCUT2D eigenvalue weighted by Gasteiger charge is 1.98. The summed E-state index contributed by atoms with van der Waals surface area (Å²) < 4.78 is 31.6. The van der Waals surface area contributed by atoms with Crippen LogP contribution in [0.25, 0.3) is 11.0 Å². The number of aromatic nitrogens is 2. The van der Waals surface area contributed by atoms with E-state index in [0.29, 0.717) is 12.8 Å². The maximum absolute atomic E-state index is 11.7. The van der Waals surface area contributed by atoms with Crippen LogP contribution >= 0.6 is 11.7 Å². The standard InChI is InChI=1S/C8H12F2.C6H4N2S.C2H6/c1-6(2)4-5-7(3)8(9)10;1-2-4-6-5(3-1)7-9-8-6;1-2/h1,4-5H2,2-3H3;1-4H;1-2H3. The lowest BCUT2D eigenvalue weighted by atomic mass is 10.1. The largest absolute Gasteiger partial charge is 0.269 e. The van der Waals surface area contributed by atoms with E-state index < -0.39 is 6.08 Å². The van der Waals surface area contributed by atoms with E-state index in [4.69, 9.17) is 0 Å².